The summed E-state index contributed by atoms with van der Waals surface area (Å²) in [6, 6.07) is 0. The molecule has 400 valence electrons. The highest BCUT2D eigenvalue weighted by Crippen LogP contribution is 2.15. The van der Waals surface area contributed by atoms with Crippen LogP contribution in [0.15, 0.2) is 97.2 Å². The lowest BCUT2D eigenvalue weighted by Crippen LogP contribution is -2.30. The average Bonchev–Trinajstić information content (AvgIpc) is 3.36. The lowest BCUT2D eigenvalue weighted by Gasteiger charge is -2.18. The monoisotopic (exact) mass is 973 g/mol. The van der Waals surface area contributed by atoms with Crippen LogP contribution >= 0.6 is 0 Å². The van der Waals surface area contributed by atoms with Crippen LogP contribution in [0.25, 0.3) is 0 Å². The molecule has 0 aliphatic rings. The minimum atomic E-state index is -0.819. The van der Waals surface area contributed by atoms with Gasteiger partial charge in [-0.05, 0) is 103 Å². The van der Waals surface area contributed by atoms with Gasteiger partial charge in [0, 0.05) is 19.3 Å². The fourth-order valence-electron chi connectivity index (χ4n) is 7.89. The lowest BCUT2D eigenvalue weighted by atomic mass is 10.0. The molecule has 0 spiro atoms. The smallest absolute Gasteiger partial charge is 0.306 e. The van der Waals surface area contributed by atoms with E-state index in [1.165, 1.54) is 135 Å². The van der Waals surface area contributed by atoms with Crippen LogP contribution in [-0.4, -0.2) is 37.2 Å². The number of carbonyl (C=O) groups excluding carboxylic acids is 3. The van der Waals surface area contributed by atoms with E-state index in [-0.39, 0.29) is 37.5 Å². The number of esters is 3. The van der Waals surface area contributed by atoms with Gasteiger partial charge in [0.15, 0.2) is 6.10 Å². The van der Waals surface area contributed by atoms with Crippen molar-refractivity contribution in [1.29, 1.82) is 0 Å². The van der Waals surface area contributed by atoms with Crippen molar-refractivity contribution in [2.45, 2.75) is 277 Å². The van der Waals surface area contributed by atoms with Crippen LogP contribution in [-0.2, 0) is 28.6 Å². The summed E-state index contributed by atoms with van der Waals surface area (Å²) in [4.78, 5) is 38.2. The van der Waals surface area contributed by atoms with Gasteiger partial charge in [-0.1, -0.05) is 246 Å². The summed E-state index contributed by atoms with van der Waals surface area (Å²) in [5.41, 5.74) is 0. The summed E-state index contributed by atoms with van der Waals surface area (Å²) in [6.45, 7) is 6.53. The maximum absolute atomic E-state index is 12.8. The molecule has 0 radical (unpaired) electrons. The van der Waals surface area contributed by atoms with Gasteiger partial charge in [-0.15, -0.1) is 0 Å². The zero-order chi connectivity index (χ0) is 50.7. The fraction of sp³-hybridized carbons (Fsp3) is 0.703. The second kappa shape index (κ2) is 57.9. The molecule has 0 amide bonds. The summed E-state index contributed by atoms with van der Waals surface area (Å²) < 4.78 is 16.8. The predicted molar refractivity (Wildman–Crippen MR) is 302 cm³/mol. The van der Waals surface area contributed by atoms with E-state index >= 15 is 0 Å². The number of hydrogen-bond donors (Lipinski definition) is 0. The fourth-order valence-corrected chi connectivity index (χ4v) is 7.89. The molecule has 0 aliphatic carbocycles. The number of allylic oxidation sites excluding steroid dienone is 16. The molecule has 0 aromatic rings. The van der Waals surface area contributed by atoms with Gasteiger partial charge in [0.2, 0.25) is 0 Å². The Morgan fingerprint density at radius 3 is 0.871 bits per heavy atom. The van der Waals surface area contributed by atoms with Crippen molar-refractivity contribution in [1.82, 2.24) is 0 Å². The van der Waals surface area contributed by atoms with Crippen molar-refractivity contribution in [3.63, 3.8) is 0 Å². The van der Waals surface area contributed by atoms with Crippen LogP contribution in [0.2, 0.25) is 0 Å². The Labute approximate surface area is 432 Å². The van der Waals surface area contributed by atoms with E-state index in [0.717, 1.165) is 89.9 Å². The van der Waals surface area contributed by atoms with Gasteiger partial charge in [-0.2, -0.15) is 0 Å². The maximum Gasteiger partial charge on any atom is 0.306 e. The molecule has 0 fully saturated rings. The van der Waals surface area contributed by atoms with Crippen molar-refractivity contribution in [3.8, 4) is 0 Å². The first-order valence-electron chi connectivity index (χ1n) is 29.2. The van der Waals surface area contributed by atoms with E-state index in [1.54, 1.807) is 0 Å². The molecule has 0 rings (SSSR count). The molecule has 70 heavy (non-hydrogen) atoms. The van der Waals surface area contributed by atoms with Crippen LogP contribution in [0.4, 0.5) is 0 Å². The Morgan fingerprint density at radius 1 is 0.286 bits per heavy atom. The number of hydrogen-bond acceptors (Lipinski definition) is 6. The lowest BCUT2D eigenvalue weighted by molar-refractivity contribution is -0.167. The largest absolute Gasteiger partial charge is 0.462 e. The Hall–Kier alpha value is -3.67. The molecule has 0 bridgehead atoms. The second-order valence-electron chi connectivity index (χ2n) is 19.2. The van der Waals surface area contributed by atoms with Crippen LogP contribution in [0.1, 0.15) is 271 Å². The molecule has 0 saturated carbocycles. The summed E-state index contributed by atoms with van der Waals surface area (Å²) >= 11 is 0. The van der Waals surface area contributed by atoms with Crippen molar-refractivity contribution >= 4 is 17.9 Å². The number of carbonyl (C=O) groups is 3. The first kappa shape index (κ1) is 66.3. The molecule has 6 heteroatoms. The van der Waals surface area contributed by atoms with E-state index in [9.17, 15) is 14.4 Å². The summed E-state index contributed by atoms with van der Waals surface area (Å²) in [5, 5.41) is 0. The molecular weight excluding hydrogens is 865 g/mol. The molecule has 0 aromatic carbocycles. The Kier molecular flexibility index (Phi) is 54.9. The van der Waals surface area contributed by atoms with Gasteiger partial charge in [0.05, 0.1) is 0 Å². The normalized spacial score (nSPS) is 12.8. The Bertz CT molecular complexity index is 1400. The van der Waals surface area contributed by atoms with Crippen LogP contribution in [0, 0.1) is 0 Å². The van der Waals surface area contributed by atoms with Gasteiger partial charge in [0.1, 0.15) is 13.2 Å². The molecule has 0 aliphatic heterocycles. The topological polar surface area (TPSA) is 78.9 Å². The Morgan fingerprint density at radius 2 is 0.529 bits per heavy atom. The van der Waals surface area contributed by atoms with Gasteiger partial charge >= 0.3 is 17.9 Å². The highest BCUT2D eigenvalue weighted by atomic mass is 16.6. The molecular formula is C64H108O6. The van der Waals surface area contributed by atoms with E-state index in [2.05, 4.69) is 118 Å². The van der Waals surface area contributed by atoms with E-state index in [1.807, 2.05) is 0 Å². The van der Waals surface area contributed by atoms with Gasteiger partial charge in [-0.25, -0.2) is 0 Å². The molecule has 1 atom stereocenters. The highest BCUT2D eigenvalue weighted by molar-refractivity contribution is 5.71. The van der Waals surface area contributed by atoms with E-state index in [0.29, 0.717) is 19.3 Å². The summed E-state index contributed by atoms with van der Waals surface area (Å²) in [7, 11) is 0. The van der Waals surface area contributed by atoms with Crippen LogP contribution < -0.4 is 0 Å². The van der Waals surface area contributed by atoms with Crippen molar-refractivity contribution in [2.24, 2.45) is 0 Å². The third-order valence-corrected chi connectivity index (χ3v) is 12.3. The molecule has 0 unspecified atom stereocenters. The van der Waals surface area contributed by atoms with Crippen molar-refractivity contribution in [2.75, 3.05) is 13.2 Å². The third-order valence-electron chi connectivity index (χ3n) is 12.3. The second-order valence-corrected chi connectivity index (χ2v) is 19.2. The van der Waals surface area contributed by atoms with Gasteiger partial charge in [-0.3, -0.25) is 14.4 Å². The van der Waals surface area contributed by atoms with E-state index in [4.69, 9.17) is 14.2 Å². The number of rotatable bonds is 52. The number of unbranched alkanes of at least 4 members (excludes halogenated alkanes) is 25. The molecule has 0 aromatic heterocycles. The van der Waals surface area contributed by atoms with Gasteiger partial charge in [0.25, 0.3) is 0 Å². The zero-order valence-corrected chi connectivity index (χ0v) is 45.8. The van der Waals surface area contributed by atoms with E-state index < -0.39 is 6.10 Å². The predicted octanol–water partition coefficient (Wildman–Crippen LogP) is 19.7. The van der Waals surface area contributed by atoms with Gasteiger partial charge < -0.3 is 14.2 Å². The quantitative estimate of drug-likeness (QED) is 0.0262. The zero-order valence-electron chi connectivity index (χ0n) is 45.8. The molecule has 6 nitrogen and oxygen atoms in total. The first-order valence-corrected chi connectivity index (χ1v) is 29.2. The first-order chi connectivity index (χ1) is 34.5. The SMILES string of the molecule is CCCCC/C=C\C/C=C\C/C=C\C/C=C\CCCCCC(=O)OC[C@@H](COC(=O)CCCCCCCCCCCCCCCCCC)OC(=O)CCC/C=C\C/C=C\C/C=C\C/C=C\CCCCC. The average molecular weight is 974 g/mol. The minimum absolute atomic E-state index is 0.108. The minimum Gasteiger partial charge on any atom is -0.462 e. The molecule has 0 N–H and O–H groups in total. The summed E-state index contributed by atoms with van der Waals surface area (Å²) in [5.74, 6) is -0.992. The number of ether oxygens (including phenoxy) is 3. The van der Waals surface area contributed by atoms with Crippen LogP contribution in [0.3, 0.4) is 0 Å². The Balaban J connectivity index is 4.52. The third kappa shape index (κ3) is 55.3. The van der Waals surface area contributed by atoms with Crippen molar-refractivity contribution in [3.05, 3.63) is 97.2 Å². The summed E-state index contributed by atoms with van der Waals surface area (Å²) in [6.07, 6.45) is 76.8. The standard InChI is InChI=1S/C64H108O6/c1-4-7-10-13-16-19-22-25-28-31-32-34-36-39-42-45-48-51-54-57-63(66)69-60-61(59-68-62(65)56-53-50-47-44-41-38-35-30-27-24-21-18-15-12-9-6-3)70-64(67)58-55-52-49-46-43-40-37-33-29-26-23-20-17-14-11-8-5-2/h16-17,19-20,25-26,28-29,32,34,37,39-40,42,46,49,61H,4-15,18,21-24,27,30-31,33,35-36,38,41,43-45,47-48,50-60H2,1-3H3/b19-16-,20-17-,28-25-,29-26-,34-32-,40-37-,42-39-,49-46-/t61-/m1/s1. The highest BCUT2D eigenvalue weighted by Gasteiger charge is 2.19. The molecule has 0 saturated heterocycles. The van der Waals surface area contributed by atoms with Crippen molar-refractivity contribution < 1.29 is 28.6 Å². The molecule has 0 heterocycles. The van der Waals surface area contributed by atoms with Crippen LogP contribution in [0.5, 0.6) is 0 Å². The maximum atomic E-state index is 12.8.